The topological polar surface area (TPSA) is 70.4 Å². The molecule has 0 radical (unpaired) electrons. The number of para-hydroxylation sites is 2. The van der Waals surface area contributed by atoms with Crippen LogP contribution in [0, 0.1) is 0 Å². The predicted molar refractivity (Wildman–Crippen MR) is 92.1 cm³/mol. The van der Waals surface area contributed by atoms with Crippen LogP contribution in [0.1, 0.15) is 32.6 Å². The number of piperidine rings is 1. The van der Waals surface area contributed by atoms with Gasteiger partial charge in [0.25, 0.3) is 0 Å². The van der Waals surface area contributed by atoms with Gasteiger partial charge in [-0.1, -0.05) is 12.1 Å². The number of carbonyl (C=O) groups is 1. The fourth-order valence-corrected chi connectivity index (χ4v) is 2.66. The highest BCUT2D eigenvalue weighted by molar-refractivity contribution is 5.94. The van der Waals surface area contributed by atoms with Crippen molar-refractivity contribution in [2.24, 2.45) is 5.73 Å². The van der Waals surface area contributed by atoms with Gasteiger partial charge in [0.1, 0.15) is 0 Å². The van der Waals surface area contributed by atoms with Gasteiger partial charge in [-0.3, -0.25) is 4.79 Å². The van der Waals surface area contributed by atoms with Gasteiger partial charge in [-0.15, -0.1) is 0 Å². The summed E-state index contributed by atoms with van der Waals surface area (Å²) in [5.41, 5.74) is 7.57. The lowest BCUT2D eigenvalue weighted by Crippen LogP contribution is -2.36. The first-order valence-electron chi connectivity index (χ1n) is 8.14. The Bertz CT molecular complexity index is 481. The van der Waals surface area contributed by atoms with Crippen LogP contribution < -0.4 is 16.4 Å². The normalized spacial score (nSPS) is 18.0. The molecule has 0 saturated carbocycles. The molecule has 0 bridgehead atoms. The molecular weight excluding hydrogens is 276 g/mol. The molecule has 0 spiro atoms. The van der Waals surface area contributed by atoms with Gasteiger partial charge < -0.3 is 21.3 Å². The van der Waals surface area contributed by atoms with E-state index in [9.17, 15) is 4.79 Å². The van der Waals surface area contributed by atoms with E-state index in [1.165, 1.54) is 0 Å². The number of nitrogens with two attached hydrogens (primary N) is 1. The Morgan fingerprint density at radius 3 is 2.59 bits per heavy atom. The highest BCUT2D eigenvalue weighted by Crippen LogP contribution is 2.24. The molecule has 1 aliphatic rings. The number of benzene rings is 1. The molecule has 4 N–H and O–H groups in total. The number of amides is 1. The molecule has 1 heterocycles. The third kappa shape index (κ3) is 5.31. The second kappa shape index (κ2) is 8.15. The average molecular weight is 304 g/mol. The summed E-state index contributed by atoms with van der Waals surface area (Å²) >= 11 is 0. The Morgan fingerprint density at radius 1 is 1.32 bits per heavy atom. The van der Waals surface area contributed by atoms with E-state index >= 15 is 0 Å². The number of carbonyl (C=O) groups excluding carboxylic acids is 1. The molecule has 0 aliphatic carbocycles. The van der Waals surface area contributed by atoms with E-state index in [1.54, 1.807) is 0 Å². The van der Waals surface area contributed by atoms with Crippen LogP contribution >= 0.6 is 0 Å². The molecule has 5 nitrogen and oxygen atoms in total. The maximum Gasteiger partial charge on any atom is 0.224 e. The summed E-state index contributed by atoms with van der Waals surface area (Å²) in [7, 11) is 2.16. The number of nitrogens with zero attached hydrogens (tertiary/aromatic N) is 1. The van der Waals surface area contributed by atoms with E-state index in [-0.39, 0.29) is 11.9 Å². The minimum absolute atomic E-state index is 0.0231. The Balaban J connectivity index is 1.93. The Kier molecular flexibility index (Phi) is 6.21. The van der Waals surface area contributed by atoms with E-state index in [0.717, 1.165) is 37.3 Å². The van der Waals surface area contributed by atoms with Crippen molar-refractivity contribution >= 4 is 17.3 Å². The molecular formula is C17H28N4O. The van der Waals surface area contributed by atoms with Crippen molar-refractivity contribution in [3.63, 3.8) is 0 Å². The van der Waals surface area contributed by atoms with Crippen LogP contribution in [-0.2, 0) is 4.79 Å². The fraction of sp³-hybridized carbons (Fsp3) is 0.588. The second-order valence-electron chi connectivity index (χ2n) is 6.33. The quantitative estimate of drug-likeness (QED) is 0.754. The summed E-state index contributed by atoms with van der Waals surface area (Å²) in [6.07, 6.45) is 3.42. The number of nitrogens with one attached hydrogen (secondary N) is 2. The Morgan fingerprint density at radius 2 is 1.95 bits per heavy atom. The molecule has 5 heteroatoms. The van der Waals surface area contributed by atoms with Gasteiger partial charge in [0.2, 0.25) is 5.91 Å². The number of likely N-dealkylation sites (tertiary alicyclic amines) is 1. The first-order chi connectivity index (χ1) is 10.5. The van der Waals surface area contributed by atoms with Crippen LogP contribution in [0.4, 0.5) is 11.4 Å². The van der Waals surface area contributed by atoms with Crippen molar-refractivity contribution < 1.29 is 4.79 Å². The summed E-state index contributed by atoms with van der Waals surface area (Å²) in [4.78, 5) is 14.4. The molecule has 22 heavy (non-hydrogen) atoms. The van der Waals surface area contributed by atoms with Crippen molar-refractivity contribution in [3.05, 3.63) is 24.3 Å². The van der Waals surface area contributed by atoms with Crippen molar-refractivity contribution in [2.45, 2.75) is 44.7 Å². The zero-order valence-electron chi connectivity index (χ0n) is 13.6. The van der Waals surface area contributed by atoms with Gasteiger partial charge in [-0.25, -0.2) is 0 Å². The molecule has 1 saturated heterocycles. The van der Waals surface area contributed by atoms with Gasteiger partial charge in [-0.2, -0.15) is 0 Å². The lowest BCUT2D eigenvalue weighted by atomic mass is 10.0. The molecule has 1 fully saturated rings. The molecule has 1 atom stereocenters. The van der Waals surface area contributed by atoms with Crippen molar-refractivity contribution in [1.82, 2.24) is 4.90 Å². The monoisotopic (exact) mass is 304 g/mol. The van der Waals surface area contributed by atoms with Crippen LogP contribution in [0.5, 0.6) is 0 Å². The van der Waals surface area contributed by atoms with E-state index < -0.39 is 0 Å². The van der Waals surface area contributed by atoms with Gasteiger partial charge in [-0.05, 0) is 58.5 Å². The molecule has 0 aromatic heterocycles. The van der Waals surface area contributed by atoms with Crippen LogP contribution in [0.25, 0.3) is 0 Å². The minimum atomic E-state index is 0.0231. The Labute approximate surface area is 133 Å². The molecule has 122 valence electrons. The minimum Gasteiger partial charge on any atom is -0.381 e. The fourth-order valence-electron chi connectivity index (χ4n) is 2.66. The molecule has 1 aromatic rings. The van der Waals surface area contributed by atoms with E-state index in [1.807, 2.05) is 31.2 Å². The van der Waals surface area contributed by atoms with Crippen LogP contribution in [0.2, 0.25) is 0 Å². The third-order valence-electron chi connectivity index (χ3n) is 4.11. The van der Waals surface area contributed by atoms with Gasteiger partial charge in [0.15, 0.2) is 0 Å². The lowest BCUT2D eigenvalue weighted by Gasteiger charge is -2.30. The molecule has 1 aromatic carbocycles. The van der Waals surface area contributed by atoms with E-state index in [0.29, 0.717) is 18.9 Å². The highest BCUT2D eigenvalue weighted by atomic mass is 16.1. The summed E-state index contributed by atoms with van der Waals surface area (Å²) in [6, 6.07) is 8.44. The maximum atomic E-state index is 12.0. The third-order valence-corrected chi connectivity index (χ3v) is 4.11. The van der Waals surface area contributed by atoms with E-state index in [2.05, 4.69) is 22.6 Å². The van der Waals surface area contributed by atoms with Gasteiger partial charge >= 0.3 is 0 Å². The predicted octanol–water partition coefficient (Wildman–Crippen LogP) is 2.26. The number of rotatable bonds is 6. The zero-order chi connectivity index (χ0) is 15.9. The summed E-state index contributed by atoms with van der Waals surface area (Å²) in [5.74, 6) is 0.0231. The van der Waals surface area contributed by atoms with Gasteiger partial charge in [0.05, 0.1) is 11.4 Å². The van der Waals surface area contributed by atoms with Crippen molar-refractivity contribution in [1.29, 1.82) is 0 Å². The SMILES string of the molecule is CC(N)CCC(=O)Nc1ccccc1NC1CCN(C)CC1. The molecule has 2 rings (SSSR count). The smallest absolute Gasteiger partial charge is 0.224 e. The first kappa shape index (κ1) is 16.8. The van der Waals surface area contributed by atoms with Crippen molar-refractivity contribution in [3.8, 4) is 0 Å². The Hall–Kier alpha value is -1.59. The second-order valence-corrected chi connectivity index (χ2v) is 6.33. The molecule has 1 aliphatic heterocycles. The lowest BCUT2D eigenvalue weighted by molar-refractivity contribution is -0.116. The largest absolute Gasteiger partial charge is 0.381 e. The van der Waals surface area contributed by atoms with Gasteiger partial charge in [0, 0.05) is 18.5 Å². The standard InChI is InChI=1S/C17H28N4O/c1-13(18)7-8-17(22)20-16-6-4-3-5-15(16)19-14-9-11-21(2)12-10-14/h3-6,13-14,19H,7-12,18H2,1-2H3,(H,20,22). The van der Waals surface area contributed by atoms with Crippen molar-refractivity contribution in [2.75, 3.05) is 30.8 Å². The molecule has 1 amide bonds. The first-order valence-corrected chi connectivity index (χ1v) is 8.14. The van der Waals surface area contributed by atoms with Crippen LogP contribution in [0.15, 0.2) is 24.3 Å². The molecule has 1 unspecified atom stereocenters. The number of hydrogen-bond acceptors (Lipinski definition) is 4. The summed E-state index contributed by atoms with van der Waals surface area (Å²) in [6.45, 7) is 4.14. The number of anilines is 2. The van der Waals surface area contributed by atoms with Crippen LogP contribution in [0.3, 0.4) is 0 Å². The average Bonchev–Trinajstić information content (AvgIpc) is 2.49. The van der Waals surface area contributed by atoms with E-state index in [4.69, 9.17) is 5.73 Å². The maximum absolute atomic E-state index is 12.0. The summed E-state index contributed by atoms with van der Waals surface area (Å²) < 4.78 is 0. The van der Waals surface area contributed by atoms with Crippen LogP contribution in [-0.4, -0.2) is 43.0 Å². The highest BCUT2D eigenvalue weighted by Gasteiger charge is 2.17. The summed E-state index contributed by atoms with van der Waals surface area (Å²) in [5, 5.41) is 6.57. The zero-order valence-corrected chi connectivity index (χ0v) is 13.6. The number of hydrogen-bond donors (Lipinski definition) is 3.